The molecule has 2 atom stereocenters. The second-order valence-corrected chi connectivity index (χ2v) is 6.83. The molecule has 1 saturated heterocycles. The van der Waals surface area contributed by atoms with Gasteiger partial charge in [-0.25, -0.2) is 0 Å². The van der Waals surface area contributed by atoms with E-state index in [0.29, 0.717) is 28.9 Å². The van der Waals surface area contributed by atoms with E-state index >= 15 is 0 Å². The first-order valence-corrected chi connectivity index (χ1v) is 8.79. The van der Waals surface area contributed by atoms with E-state index in [1.807, 2.05) is 37.3 Å². The maximum absolute atomic E-state index is 12.8. The number of ketones is 1. The first-order chi connectivity index (χ1) is 12.5. The minimum atomic E-state index is -0.663. The third-order valence-electron chi connectivity index (χ3n) is 4.94. The number of hydrogen-bond donors (Lipinski definition) is 3. The van der Waals surface area contributed by atoms with Crippen LogP contribution in [0, 0.1) is 0 Å². The molecule has 0 spiro atoms. The van der Waals surface area contributed by atoms with Gasteiger partial charge in [-0.2, -0.15) is 0 Å². The molecule has 4 rings (SSSR count). The van der Waals surface area contributed by atoms with Crippen molar-refractivity contribution in [1.29, 1.82) is 0 Å². The van der Waals surface area contributed by atoms with Crippen molar-refractivity contribution in [3.63, 3.8) is 0 Å². The van der Waals surface area contributed by atoms with Crippen molar-refractivity contribution >= 4 is 17.4 Å². The maximum atomic E-state index is 12.8. The largest absolute Gasteiger partial charge is 0.387 e. The van der Waals surface area contributed by atoms with Gasteiger partial charge in [0.25, 0.3) is 0 Å². The van der Waals surface area contributed by atoms with E-state index in [0.717, 1.165) is 17.5 Å². The van der Waals surface area contributed by atoms with Gasteiger partial charge < -0.3 is 15.7 Å². The molecule has 3 N–H and O–H groups in total. The lowest BCUT2D eigenvalue weighted by molar-refractivity contribution is -0.112. The molecule has 0 saturated carbocycles. The third-order valence-corrected chi connectivity index (χ3v) is 4.94. The molecule has 2 aliphatic rings. The quantitative estimate of drug-likeness (QED) is 0.622. The smallest absolute Gasteiger partial charge is 0.250 e. The lowest BCUT2D eigenvalue weighted by Gasteiger charge is -2.28. The predicted molar refractivity (Wildman–Crippen MR) is 99.9 cm³/mol. The molecule has 5 nitrogen and oxygen atoms in total. The molecule has 1 aliphatic carbocycles. The lowest BCUT2D eigenvalue weighted by atomic mass is 10.0. The van der Waals surface area contributed by atoms with Crippen LogP contribution in [0.25, 0.3) is 11.1 Å². The summed E-state index contributed by atoms with van der Waals surface area (Å²) in [6, 6.07) is 13.1. The van der Waals surface area contributed by atoms with Crippen LogP contribution < -0.4 is 10.6 Å². The van der Waals surface area contributed by atoms with Crippen molar-refractivity contribution in [3.05, 3.63) is 65.4 Å². The predicted octanol–water partition coefficient (Wildman–Crippen LogP) is 2.85. The van der Waals surface area contributed by atoms with Crippen molar-refractivity contribution in [2.24, 2.45) is 0 Å². The summed E-state index contributed by atoms with van der Waals surface area (Å²) < 4.78 is 0. The number of amides is 1. The molecule has 0 unspecified atom stereocenters. The van der Waals surface area contributed by atoms with Crippen LogP contribution in [0.2, 0.25) is 0 Å². The molecule has 132 valence electrons. The van der Waals surface area contributed by atoms with Crippen LogP contribution >= 0.6 is 0 Å². The van der Waals surface area contributed by atoms with Gasteiger partial charge in [-0.1, -0.05) is 36.4 Å². The molecule has 5 heteroatoms. The van der Waals surface area contributed by atoms with Crippen LogP contribution in [0.5, 0.6) is 0 Å². The maximum Gasteiger partial charge on any atom is 0.250 e. The van der Waals surface area contributed by atoms with Crippen LogP contribution in [0.3, 0.4) is 0 Å². The van der Waals surface area contributed by atoms with Crippen LogP contribution in [-0.4, -0.2) is 28.9 Å². The van der Waals surface area contributed by atoms with Gasteiger partial charge in [0.05, 0.1) is 17.4 Å². The molecule has 26 heavy (non-hydrogen) atoms. The standard InChI is InChI=1S/C21H20N2O3/c1-12-9-10-18(24)17(22-12)11-19(25)23-16-8-4-7-14-13-5-2-3-6-15(13)21(26)20(14)16/h2-8,11-12,18,22,24H,9-10H2,1H3,(H,23,25)/b17-11+/t12-,18-/m0/s1. The number of rotatable bonds is 2. The fourth-order valence-corrected chi connectivity index (χ4v) is 3.64. The number of carbonyl (C=O) groups excluding carboxylic acids is 2. The Hall–Kier alpha value is -2.92. The Kier molecular flexibility index (Phi) is 4.09. The molecule has 1 fully saturated rings. The molecular formula is C21H20N2O3. The topological polar surface area (TPSA) is 78.4 Å². The highest BCUT2D eigenvalue weighted by atomic mass is 16.3. The van der Waals surface area contributed by atoms with Crippen LogP contribution in [0.15, 0.2) is 54.2 Å². The Morgan fingerprint density at radius 3 is 2.65 bits per heavy atom. The van der Waals surface area contributed by atoms with E-state index in [4.69, 9.17) is 0 Å². The highest BCUT2D eigenvalue weighted by Gasteiger charge is 2.29. The average molecular weight is 348 g/mol. The summed E-state index contributed by atoms with van der Waals surface area (Å²) in [5.41, 5.74) is 3.90. The molecule has 0 bridgehead atoms. The van der Waals surface area contributed by atoms with E-state index in [9.17, 15) is 14.7 Å². The first-order valence-electron chi connectivity index (χ1n) is 8.79. The highest BCUT2D eigenvalue weighted by Crippen LogP contribution is 2.39. The summed E-state index contributed by atoms with van der Waals surface area (Å²) in [4.78, 5) is 25.2. The third kappa shape index (κ3) is 2.80. The summed E-state index contributed by atoms with van der Waals surface area (Å²) in [6.07, 6.45) is 2.21. The highest BCUT2D eigenvalue weighted by molar-refractivity contribution is 6.25. The molecule has 1 amide bonds. The molecule has 0 aromatic heterocycles. The summed E-state index contributed by atoms with van der Waals surface area (Å²) in [5.74, 6) is -0.443. The molecular weight excluding hydrogens is 328 g/mol. The SMILES string of the molecule is C[C@H]1CC[C@H](O)/C(=C\C(=O)Nc2cccc3c2C(=O)c2ccccc2-3)N1. The molecule has 1 aliphatic heterocycles. The number of aliphatic hydroxyl groups excluding tert-OH is 1. The number of aliphatic hydroxyl groups is 1. The van der Waals surface area contributed by atoms with Gasteiger partial charge in [0.1, 0.15) is 0 Å². The van der Waals surface area contributed by atoms with Gasteiger partial charge in [0.2, 0.25) is 5.91 Å². The second kappa shape index (κ2) is 6.42. The van der Waals surface area contributed by atoms with Gasteiger partial charge >= 0.3 is 0 Å². The first kappa shape index (κ1) is 16.5. The van der Waals surface area contributed by atoms with Gasteiger partial charge in [0, 0.05) is 23.4 Å². The van der Waals surface area contributed by atoms with Gasteiger partial charge in [-0.05, 0) is 37.0 Å². The number of benzene rings is 2. The van der Waals surface area contributed by atoms with Crippen molar-refractivity contribution in [2.75, 3.05) is 5.32 Å². The van der Waals surface area contributed by atoms with Gasteiger partial charge in [-0.15, -0.1) is 0 Å². The number of carbonyl (C=O) groups is 2. The second-order valence-electron chi connectivity index (χ2n) is 6.83. The lowest BCUT2D eigenvalue weighted by Crippen LogP contribution is -2.38. The zero-order valence-corrected chi connectivity index (χ0v) is 14.5. The Morgan fingerprint density at radius 1 is 1.12 bits per heavy atom. The van der Waals surface area contributed by atoms with E-state index < -0.39 is 6.10 Å². The van der Waals surface area contributed by atoms with Crippen molar-refractivity contribution in [1.82, 2.24) is 5.32 Å². The zero-order chi connectivity index (χ0) is 18.3. The fraction of sp³-hybridized carbons (Fsp3) is 0.238. The molecule has 0 radical (unpaired) electrons. The van der Waals surface area contributed by atoms with E-state index in [2.05, 4.69) is 10.6 Å². The number of piperidine rings is 1. The van der Waals surface area contributed by atoms with Crippen molar-refractivity contribution in [3.8, 4) is 11.1 Å². The number of fused-ring (bicyclic) bond motifs is 3. The normalized spacial score (nSPS) is 22.5. The number of hydrogen-bond acceptors (Lipinski definition) is 4. The fourth-order valence-electron chi connectivity index (χ4n) is 3.64. The van der Waals surface area contributed by atoms with Crippen molar-refractivity contribution in [2.45, 2.75) is 31.9 Å². The van der Waals surface area contributed by atoms with Gasteiger partial charge in [0.15, 0.2) is 5.78 Å². The summed E-state index contributed by atoms with van der Waals surface area (Å²) in [5, 5.41) is 16.0. The molecule has 2 aromatic rings. The average Bonchev–Trinajstić information content (AvgIpc) is 2.92. The van der Waals surface area contributed by atoms with Crippen LogP contribution in [-0.2, 0) is 4.79 Å². The monoisotopic (exact) mass is 348 g/mol. The van der Waals surface area contributed by atoms with E-state index in [1.165, 1.54) is 6.08 Å². The Balaban J connectivity index is 1.63. The summed E-state index contributed by atoms with van der Waals surface area (Å²) in [6.45, 7) is 2.01. The molecule has 1 heterocycles. The number of anilines is 1. The minimum Gasteiger partial charge on any atom is -0.387 e. The Labute approximate surface area is 151 Å². The van der Waals surface area contributed by atoms with E-state index in [1.54, 1.807) is 12.1 Å². The van der Waals surface area contributed by atoms with Crippen LogP contribution in [0.1, 0.15) is 35.7 Å². The van der Waals surface area contributed by atoms with E-state index in [-0.39, 0.29) is 17.7 Å². The summed E-state index contributed by atoms with van der Waals surface area (Å²) >= 11 is 0. The Morgan fingerprint density at radius 2 is 1.85 bits per heavy atom. The molecule has 2 aromatic carbocycles. The Bertz CT molecular complexity index is 933. The van der Waals surface area contributed by atoms with Crippen LogP contribution in [0.4, 0.5) is 5.69 Å². The minimum absolute atomic E-state index is 0.0800. The summed E-state index contributed by atoms with van der Waals surface area (Å²) in [7, 11) is 0. The van der Waals surface area contributed by atoms with Gasteiger partial charge in [-0.3, -0.25) is 9.59 Å². The van der Waals surface area contributed by atoms with Crippen molar-refractivity contribution < 1.29 is 14.7 Å². The number of nitrogens with one attached hydrogen (secondary N) is 2. The zero-order valence-electron chi connectivity index (χ0n) is 14.5.